The van der Waals surface area contributed by atoms with Crippen LogP contribution in [0.2, 0.25) is 0 Å². The largest absolute Gasteiger partial charge is 0.392 e. The van der Waals surface area contributed by atoms with E-state index in [1.165, 1.54) is 5.56 Å². The van der Waals surface area contributed by atoms with Crippen molar-refractivity contribution in [1.82, 2.24) is 9.97 Å². The fraction of sp³-hybridized carbons (Fsp3) is 0.143. The van der Waals surface area contributed by atoms with Gasteiger partial charge in [0.15, 0.2) is 0 Å². The van der Waals surface area contributed by atoms with Gasteiger partial charge in [-0.1, -0.05) is 0 Å². The molecule has 0 amide bonds. The summed E-state index contributed by atoms with van der Waals surface area (Å²) in [6.45, 7) is 0.626. The molecule has 2 N–H and O–H groups in total. The molecule has 0 radical (unpaired) electrons. The molecule has 3 rings (SSSR count). The summed E-state index contributed by atoms with van der Waals surface area (Å²) in [4.78, 5) is 8.66. The van der Waals surface area contributed by atoms with E-state index < -0.39 is 0 Å². The zero-order valence-corrected chi connectivity index (χ0v) is 12.2. The van der Waals surface area contributed by atoms with Gasteiger partial charge in [-0.15, -0.1) is 11.3 Å². The van der Waals surface area contributed by atoms with Crippen molar-refractivity contribution in [3.05, 3.63) is 51.9 Å². The number of pyridine rings is 1. The lowest BCUT2D eigenvalue weighted by atomic mass is 10.2. The first kappa shape index (κ1) is 13.2. The molecule has 0 aliphatic heterocycles. The summed E-state index contributed by atoms with van der Waals surface area (Å²) < 4.78 is 0. The predicted octanol–water partition coefficient (Wildman–Crippen LogP) is 3.37. The van der Waals surface area contributed by atoms with Crippen molar-refractivity contribution >= 4 is 28.4 Å². The van der Waals surface area contributed by atoms with Crippen LogP contribution in [0.15, 0.2) is 40.7 Å². The van der Waals surface area contributed by atoms with Gasteiger partial charge in [0.25, 0.3) is 0 Å². The lowest BCUT2D eigenvalue weighted by Gasteiger charge is -2.08. The Labute approximate surface area is 124 Å². The van der Waals surface area contributed by atoms with Crippen LogP contribution in [0.3, 0.4) is 0 Å². The number of hydrogen-bond donors (Lipinski definition) is 2. The van der Waals surface area contributed by atoms with Crippen molar-refractivity contribution in [3.63, 3.8) is 0 Å². The van der Waals surface area contributed by atoms with E-state index in [2.05, 4.69) is 37.5 Å². The molecule has 0 atom stereocenters. The van der Waals surface area contributed by atoms with Crippen LogP contribution in [-0.4, -0.2) is 15.1 Å². The lowest BCUT2D eigenvalue weighted by Crippen LogP contribution is -2.03. The molecule has 0 fully saturated rings. The van der Waals surface area contributed by atoms with Gasteiger partial charge in [0.1, 0.15) is 5.01 Å². The fourth-order valence-electron chi connectivity index (χ4n) is 1.81. The Hall–Kier alpha value is -1.76. The first-order valence-electron chi connectivity index (χ1n) is 6.11. The molecular formula is C14H13N3OS2. The average molecular weight is 303 g/mol. The van der Waals surface area contributed by atoms with Gasteiger partial charge in [0, 0.05) is 28.1 Å². The molecule has 0 spiro atoms. The Balaban J connectivity index is 1.70. The highest BCUT2D eigenvalue weighted by Crippen LogP contribution is 2.26. The second kappa shape index (κ2) is 6.13. The summed E-state index contributed by atoms with van der Waals surface area (Å²) in [5.74, 6) is 0. The maximum absolute atomic E-state index is 9.26. The van der Waals surface area contributed by atoms with Gasteiger partial charge in [0.05, 0.1) is 30.7 Å². The molecule has 20 heavy (non-hydrogen) atoms. The number of aliphatic hydroxyl groups is 1. The van der Waals surface area contributed by atoms with E-state index in [0.717, 1.165) is 22.0 Å². The topological polar surface area (TPSA) is 58.0 Å². The van der Waals surface area contributed by atoms with Crippen molar-refractivity contribution in [3.8, 4) is 10.6 Å². The van der Waals surface area contributed by atoms with Gasteiger partial charge in [-0.2, -0.15) is 11.3 Å². The van der Waals surface area contributed by atoms with E-state index in [0.29, 0.717) is 6.54 Å². The Bertz CT molecular complexity index is 679. The molecule has 0 aliphatic rings. The van der Waals surface area contributed by atoms with Crippen molar-refractivity contribution in [2.75, 3.05) is 5.32 Å². The minimum atomic E-state index is 0.00206. The minimum Gasteiger partial charge on any atom is -0.392 e. The number of aromatic nitrogens is 2. The number of nitrogens with one attached hydrogen (secondary N) is 1. The number of rotatable bonds is 5. The van der Waals surface area contributed by atoms with Crippen LogP contribution in [0.5, 0.6) is 0 Å². The zero-order chi connectivity index (χ0) is 13.8. The molecule has 3 heterocycles. The molecule has 0 aliphatic carbocycles. The molecule has 0 saturated heterocycles. The van der Waals surface area contributed by atoms with E-state index in [4.69, 9.17) is 0 Å². The Morgan fingerprint density at radius 1 is 1.25 bits per heavy atom. The highest BCUT2D eigenvalue weighted by Gasteiger charge is 2.06. The van der Waals surface area contributed by atoms with Crippen molar-refractivity contribution in [1.29, 1.82) is 0 Å². The number of nitrogens with zero attached hydrogens (tertiary/aromatic N) is 2. The molecule has 102 valence electrons. The SMILES string of the molecule is OCc1ccncc1NCc1csc(-c2ccsc2)n1. The molecular weight excluding hydrogens is 290 g/mol. The highest BCUT2D eigenvalue weighted by atomic mass is 32.1. The Kier molecular flexibility index (Phi) is 4.05. The standard InChI is InChI=1S/C14H13N3OS2/c18-7-10-1-3-15-6-13(10)16-5-12-9-20-14(17-12)11-2-4-19-8-11/h1-4,6,8-9,16,18H,5,7H2. The van der Waals surface area contributed by atoms with Crippen LogP contribution in [0.1, 0.15) is 11.3 Å². The van der Waals surface area contributed by atoms with Crippen LogP contribution in [0.25, 0.3) is 10.6 Å². The summed E-state index contributed by atoms with van der Waals surface area (Å²) in [5, 5.41) is 19.8. The number of thiazole rings is 1. The fourth-order valence-corrected chi connectivity index (χ4v) is 3.34. The lowest BCUT2D eigenvalue weighted by molar-refractivity contribution is 0.282. The van der Waals surface area contributed by atoms with Gasteiger partial charge in [0.2, 0.25) is 0 Å². The summed E-state index contributed by atoms with van der Waals surface area (Å²) in [7, 11) is 0. The van der Waals surface area contributed by atoms with Crippen LogP contribution < -0.4 is 5.32 Å². The average Bonchev–Trinajstić information content (AvgIpc) is 3.16. The molecule has 0 bridgehead atoms. The third-order valence-corrected chi connectivity index (χ3v) is 4.48. The summed E-state index contributed by atoms with van der Waals surface area (Å²) >= 11 is 3.32. The molecule has 0 saturated carbocycles. The van der Waals surface area contributed by atoms with E-state index in [1.54, 1.807) is 41.1 Å². The normalized spacial score (nSPS) is 10.7. The van der Waals surface area contributed by atoms with Gasteiger partial charge in [-0.05, 0) is 17.5 Å². The van der Waals surface area contributed by atoms with Crippen molar-refractivity contribution < 1.29 is 5.11 Å². The Morgan fingerprint density at radius 3 is 3.00 bits per heavy atom. The highest BCUT2D eigenvalue weighted by molar-refractivity contribution is 7.14. The van der Waals surface area contributed by atoms with Crippen molar-refractivity contribution in [2.45, 2.75) is 13.2 Å². The zero-order valence-electron chi connectivity index (χ0n) is 10.6. The first-order valence-corrected chi connectivity index (χ1v) is 7.93. The summed E-state index contributed by atoms with van der Waals surface area (Å²) in [5.41, 5.74) is 3.85. The van der Waals surface area contributed by atoms with E-state index >= 15 is 0 Å². The summed E-state index contributed by atoms with van der Waals surface area (Å²) in [6, 6.07) is 3.88. The number of aliphatic hydroxyl groups excluding tert-OH is 1. The molecule has 3 aromatic rings. The maximum atomic E-state index is 9.26. The number of hydrogen-bond acceptors (Lipinski definition) is 6. The molecule has 6 heteroatoms. The van der Waals surface area contributed by atoms with Gasteiger partial charge in [-0.3, -0.25) is 4.98 Å². The van der Waals surface area contributed by atoms with Crippen molar-refractivity contribution in [2.24, 2.45) is 0 Å². The molecule has 0 unspecified atom stereocenters. The van der Waals surface area contributed by atoms with Gasteiger partial charge >= 0.3 is 0 Å². The van der Waals surface area contributed by atoms with Crippen LogP contribution in [-0.2, 0) is 13.2 Å². The third-order valence-electron chi connectivity index (χ3n) is 2.86. The van der Waals surface area contributed by atoms with E-state index in [-0.39, 0.29) is 6.61 Å². The first-order chi connectivity index (χ1) is 9.86. The number of anilines is 1. The van der Waals surface area contributed by atoms with E-state index in [1.807, 2.05) is 0 Å². The predicted molar refractivity (Wildman–Crippen MR) is 82.9 cm³/mol. The molecule has 3 aromatic heterocycles. The Morgan fingerprint density at radius 2 is 2.20 bits per heavy atom. The summed E-state index contributed by atoms with van der Waals surface area (Å²) in [6.07, 6.45) is 3.39. The molecule has 4 nitrogen and oxygen atoms in total. The van der Waals surface area contributed by atoms with E-state index in [9.17, 15) is 5.11 Å². The van der Waals surface area contributed by atoms with Gasteiger partial charge < -0.3 is 10.4 Å². The third kappa shape index (κ3) is 2.87. The van der Waals surface area contributed by atoms with Crippen LogP contribution in [0, 0.1) is 0 Å². The smallest absolute Gasteiger partial charge is 0.124 e. The second-order valence-corrected chi connectivity index (χ2v) is 5.84. The quantitative estimate of drug-likeness (QED) is 0.758. The maximum Gasteiger partial charge on any atom is 0.124 e. The van der Waals surface area contributed by atoms with Crippen LogP contribution in [0.4, 0.5) is 5.69 Å². The monoisotopic (exact) mass is 303 g/mol. The second-order valence-electron chi connectivity index (χ2n) is 4.20. The number of thiophene rings is 1. The van der Waals surface area contributed by atoms with Crippen LogP contribution >= 0.6 is 22.7 Å². The molecule has 0 aromatic carbocycles. The van der Waals surface area contributed by atoms with Gasteiger partial charge in [-0.25, -0.2) is 4.98 Å². The minimum absolute atomic E-state index is 0.00206.